The highest BCUT2D eigenvalue weighted by Gasteiger charge is 2.13. The molecule has 6 nitrogen and oxygen atoms in total. The van der Waals surface area contributed by atoms with Crippen LogP contribution in [0.3, 0.4) is 0 Å². The number of benzene rings is 2. The Hall–Kier alpha value is -2.54. The molecular formula is C18H20N2O4S. The Labute approximate surface area is 150 Å². The Balaban J connectivity index is 1.82. The predicted molar refractivity (Wildman–Crippen MR) is 98.8 cm³/mol. The first-order valence-electron chi connectivity index (χ1n) is 7.75. The molecule has 0 aliphatic carbocycles. The molecule has 0 saturated carbocycles. The third kappa shape index (κ3) is 5.79. The van der Waals surface area contributed by atoms with Gasteiger partial charge in [0.1, 0.15) is 5.75 Å². The molecule has 1 amide bonds. The molecule has 2 aromatic carbocycles. The topological polar surface area (TPSA) is 81.5 Å². The molecule has 0 heterocycles. The highest BCUT2D eigenvalue weighted by atomic mass is 32.2. The molecule has 0 saturated heterocycles. The van der Waals surface area contributed by atoms with Crippen LogP contribution < -0.4 is 10.1 Å². The molecular weight excluding hydrogens is 340 g/mol. The number of methoxy groups -OCH3 is 1. The highest BCUT2D eigenvalue weighted by molar-refractivity contribution is 8.00. The second-order valence-corrected chi connectivity index (χ2v) is 6.76. The average Bonchev–Trinajstić information content (AvgIpc) is 2.64. The van der Waals surface area contributed by atoms with E-state index in [9.17, 15) is 14.9 Å². The fraction of sp³-hybridized carbons (Fsp3) is 0.278. The summed E-state index contributed by atoms with van der Waals surface area (Å²) < 4.78 is 5.15. The minimum Gasteiger partial charge on any atom is -0.497 e. The molecule has 2 aromatic rings. The summed E-state index contributed by atoms with van der Waals surface area (Å²) in [6.45, 7) is 2.36. The third-order valence-corrected chi connectivity index (χ3v) is 4.84. The van der Waals surface area contributed by atoms with Gasteiger partial charge in [-0.1, -0.05) is 24.3 Å². The molecule has 0 aromatic heterocycles. The largest absolute Gasteiger partial charge is 0.497 e. The van der Waals surface area contributed by atoms with Crippen molar-refractivity contribution in [3.05, 3.63) is 69.8 Å². The monoisotopic (exact) mass is 360 g/mol. The average molecular weight is 360 g/mol. The van der Waals surface area contributed by atoms with Gasteiger partial charge in [0.25, 0.3) is 5.69 Å². The SMILES string of the molecule is COc1cccc(CNC(=O)CS[C@@H](C)c2cccc([N+](=O)[O-])c2)c1. The van der Waals surface area contributed by atoms with Crippen molar-refractivity contribution in [2.45, 2.75) is 18.7 Å². The van der Waals surface area contributed by atoms with Crippen molar-refractivity contribution in [2.75, 3.05) is 12.9 Å². The smallest absolute Gasteiger partial charge is 0.269 e. The standard InChI is InChI=1S/C18H20N2O4S/c1-13(15-6-4-7-16(10-15)20(22)23)25-12-18(21)19-11-14-5-3-8-17(9-14)24-2/h3-10,13H,11-12H2,1-2H3,(H,19,21)/t13-/m0/s1. The number of nitrogens with zero attached hydrogens (tertiary/aromatic N) is 1. The second-order valence-electron chi connectivity index (χ2n) is 5.43. The van der Waals surface area contributed by atoms with Crippen LogP contribution in [0.5, 0.6) is 5.75 Å². The van der Waals surface area contributed by atoms with Gasteiger partial charge < -0.3 is 10.1 Å². The summed E-state index contributed by atoms with van der Waals surface area (Å²) in [4.78, 5) is 22.4. The molecule has 0 spiro atoms. The zero-order valence-corrected chi connectivity index (χ0v) is 14.9. The fourth-order valence-corrected chi connectivity index (χ4v) is 3.06. The summed E-state index contributed by atoms with van der Waals surface area (Å²) in [5.41, 5.74) is 1.86. The van der Waals surface area contributed by atoms with Gasteiger partial charge >= 0.3 is 0 Å². The first-order chi connectivity index (χ1) is 12.0. The number of nitrogens with one attached hydrogen (secondary N) is 1. The van der Waals surface area contributed by atoms with E-state index in [1.54, 1.807) is 19.2 Å². The van der Waals surface area contributed by atoms with Crippen molar-refractivity contribution in [3.8, 4) is 5.75 Å². The lowest BCUT2D eigenvalue weighted by Crippen LogP contribution is -2.24. The number of non-ortho nitro benzene ring substituents is 1. The van der Waals surface area contributed by atoms with Crippen LogP contribution in [0.15, 0.2) is 48.5 Å². The molecule has 132 valence electrons. The number of hydrogen-bond acceptors (Lipinski definition) is 5. The molecule has 0 unspecified atom stereocenters. The molecule has 0 radical (unpaired) electrons. The molecule has 0 bridgehead atoms. The number of thioether (sulfide) groups is 1. The maximum atomic E-state index is 12.0. The van der Waals surface area contributed by atoms with Crippen molar-refractivity contribution >= 4 is 23.4 Å². The van der Waals surface area contributed by atoms with Gasteiger partial charge in [-0.2, -0.15) is 0 Å². The van der Waals surface area contributed by atoms with E-state index in [0.29, 0.717) is 6.54 Å². The van der Waals surface area contributed by atoms with Crippen LogP contribution in [0.1, 0.15) is 23.3 Å². The second kappa shape index (κ2) is 9.08. The van der Waals surface area contributed by atoms with Gasteiger partial charge in [0.2, 0.25) is 5.91 Å². The van der Waals surface area contributed by atoms with Crippen molar-refractivity contribution in [1.29, 1.82) is 0 Å². The summed E-state index contributed by atoms with van der Waals surface area (Å²) in [6.07, 6.45) is 0. The highest BCUT2D eigenvalue weighted by Crippen LogP contribution is 2.29. The minimum atomic E-state index is -0.415. The molecule has 1 atom stereocenters. The summed E-state index contributed by atoms with van der Waals surface area (Å²) in [6, 6.07) is 14.0. The van der Waals surface area contributed by atoms with Gasteiger partial charge in [0.15, 0.2) is 0 Å². The van der Waals surface area contributed by atoms with Crippen LogP contribution in [-0.2, 0) is 11.3 Å². The number of nitro benzene ring substituents is 1. The number of hydrogen-bond donors (Lipinski definition) is 1. The Bertz CT molecular complexity index is 751. The van der Waals surface area contributed by atoms with E-state index in [-0.39, 0.29) is 22.6 Å². The van der Waals surface area contributed by atoms with Crippen molar-refractivity contribution in [3.63, 3.8) is 0 Å². The third-order valence-electron chi connectivity index (χ3n) is 3.64. The van der Waals surface area contributed by atoms with Crippen LogP contribution in [0.25, 0.3) is 0 Å². The van der Waals surface area contributed by atoms with E-state index in [0.717, 1.165) is 16.9 Å². The van der Waals surface area contributed by atoms with Crippen molar-refractivity contribution in [1.82, 2.24) is 5.32 Å². The van der Waals surface area contributed by atoms with Crippen LogP contribution in [-0.4, -0.2) is 23.7 Å². The number of carbonyl (C=O) groups excluding carboxylic acids is 1. The summed E-state index contributed by atoms with van der Waals surface area (Å²) in [5.74, 6) is 0.957. The van der Waals surface area contributed by atoms with Crippen LogP contribution in [0.2, 0.25) is 0 Å². The number of rotatable bonds is 8. The van der Waals surface area contributed by atoms with Crippen LogP contribution >= 0.6 is 11.8 Å². The van der Waals surface area contributed by atoms with E-state index in [4.69, 9.17) is 4.74 Å². The maximum Gasteiger partial charge on any atom is 0.269 e. The summed E-state index contributed by atoms with van der Waals surface area (Å²) in [5, 5.41) is 13.7. The van der Waals surface area contributed by atoms with Crippen molar-refractivity contribution in [2.24, 2.45) is 0 Å². The van der Waals surface area contributed by atoms with E-state index in [2.05, 4.69) is 5.32 Å². The zero-order valence-electron chi connectivity index (χ0n) is 14.1. The van der Waals surface area contributed by atoms with Crippen LogP contribution in [0, 0.1) is 10.1 Å². The van der Waals surface area contributed by atoms with E-state index in [1.165, 1.54) is 17.8 Å². The van der Waals surface area contributed by atoms with Gasteiger partial charge in [0, 0.05) is 23.9 Å². The number of ether oxygens (including phenoxy) is 1. The number of nitro groups is 1. The minimum absolute atomic E-state index is 0.0116. The normalized spacial score (nSPS) is 11.6. The summed E-state index contributed by atoms with van der Waals surface area (Å²) in [7, 11) is 1.60. The Morgan fingerprint density at radius 3 is 2.76 bits per heavy atom. The lowest BCUT2D eigenvalue weighted by molar-refractivity contribution is -0.384. The zero-order chi connectivity index (χ0) is 18.2. The van der Waals surface area contributed by atoms with Crippen LogP contribution in [0.4, 0.5) is 5.69 Å². The molecule has 1 N–H and O–H groups in total. The van der Waals surface area contributed by atoms with E-state index >= 15 is 0 Å². The van der Waals surface area contributed by atoms with E-state index in [1.807, 2.05) is 37.3 Å². The van der Waals surface area contributed by atoms with Gasteiger partial charge in [-0.15, -0.1) is 11.8 Å². The molecule has 0 aliphatic rings. The molecule has 0 aliphatic heterocycles. The molecule has 2 rings (SSSR count). The number of amides is 1. The number of carbonyl (C=O) groups is 1. The predicted octanol–water partition coefficient (Wildman–Crippen LogP) is 3.71. The lowest BCUT2D eigenvalue weighted by Gasteiger charge is -2.12. The van der Waals surface area contributed by atoms with Gasteiger partial charge in [0.05, 0.1) is 17.8 Å². The summed E-state index contributed by atoms with van der Waals surface area (Å²) >= 11 is 1.44. The Morgan fingerprint density at radius 2 is 2.04 bits per heavy atom. The lowest BCUT2D eigenvalue weighted by atomic mass is 10.1. The maximum absolute atomic E-state index is 12.0. The fourth-order valence-electron chi connectivity index (χ4n) is 2.22. The molecule has 0 fully saturated rings. The Morgan fingerprint density at radius 1 is 1.28 bits per heavy atom. The Kier molecular flexibility index (Phi) is 6.82. The quantitative estimate of drug-likeness (QED) is 0.573. The molecule has 25 heavy (non-hydrogen) atoms. The van der Waals surface area contributed by atoms with E-state index < -0.39 is 4.92 Å². The van der Waals surface area contributed by atoms with Gasteiger partial charge in [-0.25, -0.2) is 0 Å². The first-order valence-corrected chi connectivity index (χ1v) is 8.80. The van der Waals surface area contributed by atoms with Gasteiger partial charge in [-0.3, -0.25) is 14.9 Å². The first kappa shape index (κ1) is 18.8. The van der Waals surface area contributed by atoms with Crippen molar-refractivity contribution < 1.29 is 14.5 Å². The van der Waals surface area contributed by atoms with Gasteiger partial charge in [-0.05, 0) is 30.2 Å². The molecule has 7 heteroatoms.